The second-order valence-corrected chi connectivity index (χ2v) is 8.15. The van der Waals surface area contributed by atoms with Crippen molar-refractivity contribution < 1.29 is 17.9 Å². The van der Waals surface area contributed by atoms with Gasteiger partial charge >= 0.3 is 0 Å². The van der Waals surface area contributed by atoms with Crippen molar-refractivity contribution in [2.45, 2.75) is 24.2 Å². The van der Waals surface area contributed by atoms with Gasteiger partial charge < -0.3 is 10.1 Å². The fourth-order valence-electron chi connectivity index (χ4n) is 2.38. The van der Waals surface area contributed by atoms with Gasteiger partial charge in [-0.2, -0.15) is 5.26 Å². The Morgan fingerprint density at radius 2 is 1.85 bits per heavy atom. The van der Waals surface area contributed by atoms with E-state index in [9.17, 15) is 13.2 Å². The van der Waals surface area contributed by atoms with E-state index >= 15 is 0 Å². The summed E-state index contributed by atoms with van der Waals surface area (Å²) in [7, 11) is -2.13. The van der Waals surface area contributed by atoms with E-state index in [1.54, 1.807) is 63.4 Å². The zero-order valence-corrected chi connectivity index (χ0v) is 16.1. The molecule has 0 fully saturated rings. The number of hydrogen-bond acceptors (Lipinski definition) is 5. The molecule has 0 saturated carbocycles. The first-order valence-electron chi connectivity index (χ1n) is 8.08. The number of ether oxygens (including phenoxy) is 1. The van der Waals surface area contributed by atoms with E-state index in [2.05, 4.69) is 5.32 Å². The van der Waals surface area contributed by atoms with Gasteiger partial charge in [0, 0.05) is 23.2 Å². The molecule has 6 nitrogen and oxygen atoms in total. The second-order valence-electron chi connectivity index (χ2n) is 6.31. The number of amides is 1. The van der Waals surface area contributed by atoms with Crippen LogP contribution in [0.15, 0.2) is 64.9 Å². The molecular weight excluding hydrogens is 364 g/mol. The first-order chi connectivity index (χ1) is 12.7. The Morgan fingerprint density at radius 3 is 2.44 bits per heavy atom. The Balaban J connectivity index is 2.24. The van der Waals surface area contributed by atoms with Crippen LogP contribution in [0.3, 0.4) is 0 Å². The summed E-state index contributed by atoms with van der Waals surface area (Å²) in [5.74, 6) is 0.390. The maximum absolute atomic E-state index is 12.7. The molecule has 0 heterocycles. The van der Waals surface area contributed by atoms with E-state index in [-0.39, 0.29) is 10.8 Å². The molecule has 0 unspecified atom stereocenters. The van der Waals surface area contributed by atoms with E-state index < -0.39 is 15.3 Å². The number of rotatable bonds is 6. The van der Waals surface area contributed by atoms with Crippen molar-refractivity contribution >= 4 is 21.4 Å². The first kappa shape index (κ1) is 20.2. The molecule has 0 aliphatic heterocycles. The van der Waals surface area contributed by atoms with Crippen LogP contribution in [0.1, 0.15) is 19.4 Å². The highest BCUT2D eigenvalue weighted by Crippen LogP contribution is 2.27. The molecule has 140 valence electrons. The molecule has 0 radical (unpaired) electrons. The summed E-state index contributed by atoms with van der Waals surface area (Å²) in [4.78, 5) is 12.8. The molecule has 0 bridgehead atoms. The molecule has 0 atom stereocenters. The van der Waals surface area contributed by atoms with Crippen LogP contribution in [0.5, 0.6) is 5.75 Å². The number of nitrogens with zero attached hydrogens (tertiary/aromatic N) is 1. The predicted molar refractivity (Wildman–Crippen MR) is 103 cm³/mol. The average Bonchev–Trinajstić information content (AvgIpc) is 2.66. The fraction of sp³-hybridized carbons (Fsp3) is 0.200. The number of hydrogen-bond donors (Lipinski definition) is 1. The van der Waals surface area contributed by atoms with Crippen LogP contribution in [-0.2, 0) is 20.0 Å². The maximum Gasteiger partial charge on any atom is 0.234 e. The minimum absolute atomic E-state index is 0.0572. The van der Waals surface area contributed by atoms with Crippen molar-refractivity contribution in [1.82, 2.24) is 0 Å². The third-order valence-corrected chi connectivity index (χ3v) is 5.55. The number of methoxy groups -OCH3 is 1. The van der Waals surface area contributed by atoms with Crippen LogP contribution in [0.25, 0.3) is 0 Å². The zero-order chi connectivity index (χ0) is 20.1. The Kier molecular flexibility index (Phi) is 6.03. The number of anilines is 1. The molecule has 1 amide bonds. The molecule has 0 aromatic heterocycles. The third kappa shape index (κ3) is 4.74. The Hall–Kier alpha value is -3.11. The standard InChI is InChI=1S/C20H20N2O4S/c1-20(2,19(23)22-16-6-4-7-17(14-16)26-3)15-8-10-18(11-9-15)27(24,25)13-5-12-21/h4-11,13-14H,1-3H3,(H,22,23). The largest absolute Gasteiger partial charge is 0.497 e. The molecule has 2 aromatic rings. The van der Waals surface area contributed by atoms with Crippen molar-refractivity contribution in [3.63, 3.8) is 0 Å². The minimum atomic E-state index is -3.68. The van der Waals surface area contributed by atoms with E-state index in [0.717, 1.165) is 11.5 Å². The Labute approximate surface area is 159 Å². The summed E-state index contributed by atoms with van der Waals surface area (Å²) in [6.07, 6.45) is 0.911. The fourth-order valence-corrected chi connectivity index (χ4v) is 3.29. The highest BCUT2D eigenvalue weighted by molar-refractivity contribution is 7.94. The smallest absolute Gasteiger partial charge is 0.234 e. The van der Waals surface area contributed by atoms with E-state index in [0.29, 0.717) is 17.0 Å². The zero-order valence-electron chi connectivity index (χ0n) is 15.3. The van der Waals surface area contributed by atoms with Gasteiger partial charge in [-0.05, 0) is 43.7 Å². The topological polar surface area (TPSA) is 96.3 Å². The summed E-state index contributed by atoms with van der Waals surface area (Å²) < 4.78 is 29.3. The van der Waals surface area contributed by atoms with Crippen LogP contribution in [-0.4, -0.2) is 21.4 Å². The van der Waals surface area contributed by atoms with Gasteiger partial charge in [-0.25, -0.2) is 8.42 Å². The van der Waals surface area contributed by atoms with Gasteiger partial charge in [-0.1, -0.05) is 18.2 Å². The second kappa shape index (κ2) is 8.06. The third-order valence-electron chi connectivity index (χ3n) is 4.12. The number of carbonyl (C=O) groups excluding carboxylic acids is 1. The molecule has 1 N–H and O–H groups in total. The maximum atomic E-state index is 12.7. The van der Waals surface area contributed by atoms with Crippen LogP contribution in [0.2, 0.25) is 0 Å². The van der Waals surface area contributed by atoms with Gasteiger partial charge in [0.05, 0.1) is 23.5 Å². The molecule has 7 heteroatoms. The molecule has 27 heavy (non-hydrogen) atoms. The number of allylic oxidation sites excluding steroid dienone is 1. The average molecular weight is 384 g/mol. The molecule has 2 aromatic carbocycles. The summed E-state index contributed by atoms with van der Waals surface area (Å²) in [6.45, 7) is 3.50. The van der Waals surface area contributed by atoms with Crippen LogP contribution in [0, 0.1) is 11.3 Å². The van der Waals surface area contributed by atoms with E-state index in [1.165, 1.54) is 12.1 Å². The van der Waals surface area contributed by atoms with Gasteiger partial charge in [0.1, 0.15) is 5.75 Å². The lowest BCUT2D eigenvalue weighted by atomic mass is 9.83. The number of nitriles is 1. The number of nitrogens with one attached hydrogen (secondary N) is 1. The number of carbonyl (C=O) groups is 1. The molecule has 0 saturated heterocycles. The molecular formula is C20H20N2O4S. The number of sulfone groups is 1. The van der Waals surface area contributed by atoms with Crippen molar-refractivity contribution in [1.29, 1.82) is 5.26 Å². The summed E-state index contributed by atoms with van der Waals surface area (Å²) in [6, 6.07) is 14.7. The van der Waals surface area contributed by atoms with Crippen molar-refractivity contribution in [2.75, 3.05) is 12.4 Å². The highest BCUT2D eigenvalue weighted by atomic mass is 32.2. The van der Waals surface area contributed by atoms with Crippen molar-refractivity contribution in [2.24, 2.45) is 0 Å². The molecule has 0 aliphatic rings. The SMILES string of the molecule is COc1cccc(NC(=O)C(C)(C)c2ccc(S(=O)(=O)C=CC#N)cc2)c1. The normalized spacial score (nSPS) is 11.8. The Bertz CT molecular complexity index is 1000. The monoisotopic (exact) mass is 384 g/mol. The highest BCUT2D eigenvalue weighted by Gasteiger charge is 2.30. The van der Waals surface area contributed by atoms with Crippen molar-refractivity contribution in [3.8, 4) is 11.8 Å². The molecule has 2 rings (SSSR count). The van der Waals surface area contributed by atoms with E-state index in [1.807, 2.05) is 0 Å². The van der Waals surface area contributed by atoms with Gasteiger partial charge in [0.25, 0.3) is 0 Å². The first-order valence-corrected chi connectivity index (χ1v) is 9.62. The van der Waals surface area contributed by atoms with Gasteiger partial charge in [0.2, 0.25) is 15.7 Å². The van der Waals surface area contributed by atoms with Gasteiger partial charge in [-0.3, -0.25) is 4.79 Å². The summed E-state index contributed by atoms with van der Waals surface area (Å²) in [5.41, 5.74) is 0.368. The molecule has 0 aliphatic carbocycles. The predicted octanol–water partition coefficient (Wildman–Crippen LogP) is 3.42. The Morgan fingerprint density at radius 1 is 1.19 bits per heavy atom. The lowest BCUT2D eigenvalue weighted by Crippen LogP contribution is -2.34. The lowest BCUT2D eigenvalue weighted by Gasteiger charge is -2.24. The minimum Gasteiger partial charge on any atom is -0.497 e. The summed E-state index contributed by atoms with van der Waals surface area (Å²) >= 11 is 0. The van der Waals surface area contributed by atoms with Crippen LogP contribution < -0.4 is 10.1 Å². The summed E-state index contributed by atoms with van der Waals surface area (Å²) in [5, 5.41) is 12.2. The lowest BCUT2D eigenvalue weighted by molar-refractivity contribution is -0.120. The quantitative estimate of drug-likeness (QED) is 0.770. The van der Waals surface area contributed by atoms with Crippen LogP contribution >= 0.6 is 0 Å². The number of benzene rings is 2. The van der Waals surface area contributed by atoms with E-state index in [4.69, 9.17) is 10.00 Å². The van der Waals surface area contributed by atoms with Crippen molar-refractivity contribution in [3.05, 3.63) is 65.6 Å². The molecule has 0 spiro atoms. The van der Waals surface area contributed by atoms with Gasteiger partial charge in [0.15, 0.2) is 0 Å². The van der Waals surface area contributed by atoms with Gasteiger partial charge in [-0.15, -0.1) is 0 Å². The van der Waals surface area contributed by atoms with Crippen LogP contribution in [0.4, 0.5) is 5.69 Å².